The van der Waals surface area contributed by atoms with Crippen molar-refractivity contribution in [3.8, 4) is 11.8 Å². The summed E-state index contributed by atoms with van der Waals surface area (Å²) in [6.45, 7) is 1.70. The Morgan fingerprint density at radius 2 is 2.38 bits per heavy atom. The van der Waals surface area contributed by atoms with E-state index in [4.69, 9.17) is 9.84 Å². The molecule has 1 aliphatic rings. The van der Waals surface area contributed by atoms with Crippen molar-refractivity contribution in [2.24, 2.45) is 5.92 Å². The van der Waals surface area contributed by atoms with Gasteiger partial charge in [-0.05, 0) is 30.2 Å². The molecular formula is C13H16O2S. The summed E-state index contributed by atoms with van der Waals surface area (Å²) >= 11 is 1.69. The lowest BCUT2D eigenvalue weighted by Crippen LogP contribution is -1.96. The lowest BCUT2D eigenvalue weighted by molar-refractivity contribution is 0.113. The zero-order valence-corrected chi connectivity index (χ0v) is 10.1. The molecule has 1 fully saturated rings. The minimum Gasteiger partial charge on any atom is -0.395 e. The van der Waals surface area contributed by atoms with Crippen molar-refractivity contribution < 1.29 is 9.84 Å². The van der Waals surface area contributed by atoms with Gasteiger partial charge in [-0.1, -0.05) is 11.8 Å². The van der Waals surface area contributed by atoms with Crippen molar-refractivity contribution in [2.45, 2.75) is 25.9 Å². The van der Waals surface area contributed by atoms with Crippen molar-refractivity contribution in [1.82, 2.24) is 0 Å². The van der Waals surface area contributed by atoms with Crippen LogP contribution in [-0.2, 0) is 11.3 Å². The van der Waals surface area contributed by atoms with Gasteiger partial charge in [0.25, 0.3) is 0 Å². The largest absolute Gasteiger partial charge is 0.395 e. The average Bonchev–Trinajstić information content (AvgIpc) is 3.00. The van der Waals surface area contributed by atoms with Gasteiger partial charge >= 0.3 is 0 Å². The van der Waals surface area contributed by atoms with E-state index in [0.717, 1.165) is 18.1 Å². The molecule has 1 aromatic rings. The molecule has 0 unspecified atom stereocenters. The van der Waals surface area contributed by atoms with Crippen LogP contribution >= 0.6 is 11.3 Å². The van der Waals surface area contributed by atoms with Crippen molar-refractivity contribution in [3.05, 3.63) is 21.9 Å². The SMILES string of the molecule is OCCC#Cc1ccsc1COCC1CC1. The Morgan fingerprint density at radius 1 is 1.50 bits per heavy atom. The summed E-state index contributed by atoms with van der Waals surface area (Å²) in [7, 11) is 0. The van der Waals surface area contributed by atoms with Crippen LogP contribution in [-0.4, -0.2) is 18.3 Å². The molecule has 0 radical (unpaired) electrons. The Hall–Kier alpha value is -0.820. The fraction of sp³-hybridized carbons (Fsp3) is 0.538. The van der Waals surface area contributed by atoms with Gasteiger partial charge in [-0.25, -0.2) is 0 Å². The van der Waals surface area contributed by atoms with E-state index in [2.05, 4.69) is 11.8 Å². The van der Waals surface area contributed by atoms with Crippen molar-refractivity contribution in [3.63, 3.8) is 0 Å². The molecule has 2 rings (SSSR count). The lowest BCUT2D eigenvalue weighted by Gasteiger charge is -2.01. The smallest absolute Gasteiger partial charge is 0.0822 e. The topological polar surface area (TPSA) is 29.5 Å². The number of ether oxygens (including phenoxy) is 1. The van der Waals surface area contributed by atoms with Crippen LogP contribution < -0.4 is 0 Å². The summed E-state index contributed by atoms with van der Waals surface area (Å²) in [6.07, 6.45) is 3.19. The molecule has 86 valence electrons. The highest BCUT2D eigenvalue weighted by atomic mass is 32.1. The van der Waals surface area contributed by atoms with Crippen LogP contribution in [0.4, 0.5) is 0 Å². The Kier molecular flexibility index (Phi) is 4.41. The molecule has 0 saturated heterocycles. The van der Waals surface area contributed by atoms with Gasteiger partial charge in [0.15, 0.2) is 0 Å². The molecule has 1 aliphatic carbocycles. The first-order valence-electron chi connectivity index (χ1n) is 5.64. The maximum absolute atomic E-state index is 8.65. The van der Waals surface area contributed by atoms with E-state index in [-0.39, 0.29) is 6.61 Å². The van der Waals surface area contributed by atoms with Crippen LogP contribution in [0.3, 0.4) is 0 Å². The van der Waals surface area contributed by atoms with Crippen molar-refractivity contribution >= 4 is 11.3 Å². The Bertz CT molecular complexity index is 382. The lowest BCUT2D eigenvalue weighted by atomic mass is 10.2. The quantitative estimate of drug-likeness (QED) is 0.796. The Labute approximate surface area is 100 Å². The third-order valence-electron chi connectivity index (χ3n) is 2.49. The number of hydrogen-bond acceptors (Lipinski definition) is 3. The van der Waals surface area contributed by atoms with Gasteiger partial charge in [0.05, 0.1) is 13.2 Å². The van der Waals surface area contributed by atoms with E-state index in [1.54, 1.807) is 11.3 Å². The van der Waals surface area contributed by atoms with Crippen molar-refractivity contribution in [1.29, 1.82) is 0 Å². The van der Waals surface area contributed by atoms with Crippen LogP contribution in [0.1, 0.15) is 29.7 Å². The molecule has 1 heterocycles. The number of thiophene rings is 1. The van der Waals surface area contributed by atoms with Gasteiger partial charge < -0.3 is 9.84 Å². The first-order valence-corrected chi connectivity index (χ1v) is 6.52. The first-order chi connectivity index (χ1) is 7.90. The summed E-state index contributed by atoms with van der Waals surface area (Å²) in [4.78, 5) is 1.20. The highest BCUT2D eigenvalue weighted by Crippen LogP contribution is 2.29. The third kappa shape index (κ3) is 3.64. The Morgan fingerprint density at radius 3 is 3.12 bits per heavy atom. The molecule has 0 aliphatic heterocycles. The van der Waals surface area contributed by atoms with Gasteiger partial charge in [-0.3, -0.25) is 0 Å². The summed E-state index contributed by atoms with van der Waals surface area (Å²) < 4.78 is 5.64. The number of aliphatic hydroxyl groups excluding tert-OH is 1. The molecule has 1 saturated carbocycles. The average molecular weight is 236 g/mol. The van der Waals surface area contributed by atoms with E-state index in [1.807, 2.05) is 11.4 Å². The van der Waals surface area contributed by atoms with Crippen LogP contribution in [0.2, 0.25) is 0 Å². The first kappa shape index (κ1) is 11.7. The second-order valence-corrected chi connectivity index (χ2v) is 4.99. The molecule has 0 atom stereocenters. The fourth-order valence-electron chi connectivity index (χ4n) is 1.38. The minimum atomic E-state index is 0.130. The molecule has 0 amide bonds. The summed E-state index contributed by atoms with van der Waals surface area (Å²) in [5.74, 6) is 6.82. The zero-order valence-electron chi connectivity index (χ0n) is 9.24. The molecule has 0 spiro atoms. The molecule has 0 aromatic carbocycles. The molecule has 16 heavy (non-hydrogen) atoms. The predicted octanol–water partition coefficient (Wildman–Crippen LogP) is 2.41. The molecule has 3 heteroatoms. The van der Waals surface area contributed by atoms with Gasteiger partial charge in [0.2, 0.25) is 0 Å². The van der Waals surface area contributed by atoms with E-state index in [0.29, 0.717) is 13.0 Å². The zero-order chi connectivity index (χ0) is 11.2. The van der Waals surface area contributed by atoms with Crippen LogP contribution in [0.25, 0.3) is 0 Å². The maximum Gasteiger partial charge on any atom is 0.0822 e. The van der Waals surface area contributed by atoms with E-state index in [9.17, 15) is 0 Å². The van der Waals surface area contributed by atoms with Gasteiger partial charge in [0.1, 0.15) is 0 Å². The standard InChI is InChI=1S/C13H16O2S/c14-7-2-1-3-12-6-8-16-13(12)10-15-9-11-4-5-11/h6,8,11,14H,2,4-5,7,9-10H2. The number of rotatable bonds is 5. The number of aliphatic hydroxyl groups is 1. The summed E-state index contributed by atoms with van der Waals surface area (Å²) in [6, 6.07) is 2.02. The highest BCUT2D eigenvalue weighted by Gasteiger charge is 2.21. The number of hydrogen-bond donors (Lipinski definition) is 1. The van der Waals surface area contributed by atoms with E-state index < -0.39 is 0 Å². The van der Waals surface area contributed by atoms with Gasteiger partial charge in [-0.2, -0.15) is 0 Å². The van der Waals surface area contributed by atoms with Crippen molar-refractivity contribution in [2.75, 3.05) is 13.2 Å². The molecule has 1 N–H and O–H groups in total. The molecule has 0 bridgehead atoms. The van der Waals surface area contributed by atoms with E-state index >= 15 is 0 Å². The summed E-state index contributed by atoms with van der Waals surface area (Å²) in [5, 5.41) is 10.7. The third-order valence-corrected chi connectivity index (χ3v) is 3.38. The highest BCUT2D eigenvalue weighted by molar-refractivity contribution is 7.10. The van der Waals surface area contributed by atoms with Gasteiger partial charge in [0, 0.05) is 23.5 Å². The van der Waals surface area contributed by atoms with Crippen LogP contribution in [0, 0.1) is 17.8 Å². The van der Waals surface area contributed by atoms with Crippen LogP contribution in [0.15, 0.2) is 11.4 Å². The predicted molar refractivity (Wildman–Crippen MR) is 65.3 cm³/mol. The minimum absolute atomic E-state index is 0.130. The second kappa shape index (κ2) is 6.05. The van der Waals surface area contributed by atoms with Gasteiger partial charge in [-0.15, -0.1) is 11.3 Å². The monoisotopic (exact) mass is 236 g/mol. The van der Waals surface area contributed by atoms with Crippen LogP contribution in [0.5, 0.6) is 0 Å². The fourth-order valence-corrected chi connectivity index (χ4v) is 2.15. The Balaban J connectivity index is 1.83. The van der Waals surface area contributed by atoms with E-state index in [1.165, 1.54) is 17.7 Å². The second-order valence-electron chi connectivity index (χ2n) is 3.99. The molecule has 2 nitrogen and oxygen atoms in total. The molecule has 1 aromatic heterocycles. The maximum atomic E-state index is 8.65. The summed E-state index contributed by atoms with van der Waals surface area (Å²) in [5.41, 5.74) is 1.05. The molecular weight excluding hydrogens is 220 g/mol. The normalized spacial score (nSPS) is 14.6.